The van der Waals surface area contributed by atoms with Crippen LogP contribution in [0.4, 0.5) is 0 Å². The molecule has 6 heteroatoms. The topological polar surface area (TPSA) is 54.1 Å². The van der Waals surface area contributed by atoms with E-state index in [-0.39, 0.29) is 12.0 Å². The Morgan fingerprint density at radius 3 is 2.72 bits per heavy atom. The number of aromatic nitrogens is 1. The average molecular weight is 375 g/mol. The molecule has 128 valence electrons. The number of benzene rings is 2. The lowest BCUT2D eigenvalue weighted by Crippen LogP contribution is -2.45. The minimum absolute atomic E-state index is 0.199. The van der Waals surface area contributed by atoms with Crippen LogP contribution < -0.4 is 5.32 Å². The number of carbonyl (C=O) groups is 1. The lowest BCUT2D eigenvalue weighted by molar-refractivity contribution is -0.143. The molecule has 4 nitrogen and oxygen atoms in total. The Morgan fingerprint density at radius 2 is 1.96 bits per heavy atom. The van der Waals surface area contributed by atoms with Crippen molar-refractivity contribution in [1.82, 2.24) is 10.3 Å². The average Bonchev–Trinajstić information content (AvgIpc) is 3.01. The number of aromatic amines is 1. The van der Waals surface area contributed by atoms with Gasteiger partial charge in [0.05, 0.1) is 23.2 Å². The molecule has 1 aromatic heterocycles. The quantitative estimate of drug-likeness (QED) is 0.659. The molecule has 1 aliphatic heterocycles. The summed E-state index contributed by atoms with van der Waals surface area (Å²) in [6, 6.07) is 13.0. The van der Waals surface area contributed by atoms with E-state index in [0.717, 1.165) is 27.7 Å². The molecule has 2 heterocycles. The smallest absolute Gasteiger partial charge is 0.323 e. The number of H-pyrrole nitrogens is 1. The normalized spacial score (nSPS) is 19.6. The second-order valence-corrected chi connectivity index (χ2v) is 6.93. The number of fused-ring (bicyclic) bond motifs is 3. The molecule has 0 unspecified atom stereocenters. The van der Waals surface area contributed by atoms with E-state index in [2.05, 4.69) is 16.4 Å². The predicted octanol–water partition coefficient (Wildman–Crippen LogP) is 4.25. The van der Waals surface area contributed by atoms with Gasteiger partial charge in [0.2, 0.25) is 0 Å². The van der Waals surface area contributed by atoms with E-state index in [1.54, 1.807) is 6.07 Å². The Bertz CT molecular complexity index is 967. The molecular weight excluding hydrogens is 359 g/mol. The monoisotopic (exact) mass is 374 g/mol. The van der Waals surface area contributed by atoms with Gasteiger partial charge in [0, 0.05) is 23.0 Å². The molecule has 2 N–H and O–H groups in total. The zero-order chi connectivity index (χ0) is 17.6. The van der Waals surface area contributed by atoms with Gasteiger partial charge in [-0.2, -0.15) is 0 Å². The van der Waals surface area contributed by atoms with E-state index < -0.39 is 6.04 Å². The molecule has 0 saturated heterocycles. The predicted molar refractivity (Wildman–Crippen MR) is 99.2 cm³/mol. The second kappa shape index (κ2) is 6.37. The van der Waals surface area contributed by atoms with Crippen molar-refractivity contribution in [2.75, 3.05) is 7.11 Å². The van der Waals surface area contributed by atoms with Crippen molar-refractivity contribution in [2.45, 2.75) is 18.5 Å². The van der Waals surface area contributed by atoms with Crippen molar-refractivity contribution in [3.63, 3.8) is 0 Å². The van der Waals surface area contributed by atoms with Gasteiger partial charge in [0.15, 0.2) is 0 Å². The standard InChI is InChI=1S/C19H16Cl2N2O2/c1-25-19(24)16-9-12-11-4-2-3-5-15(11)22-18(12)17(23-16)10-6-7-13(20)14(21)8-10/h2-8,16-17,22-23H,9H2,1H3/t16-,17+/m0/s1. The summed E-state index contributed by atoms with van der Waals surface area (Å²) in [5.74, 6) is -0.277. The highest BCUT2D eigenvalue weighted by Crippen LogP contribution is 2.37. The van der Waals surface area contributed by atoms with Crippen molar-refractivity contribution < 1.29 is 9.53 Å². The fourth-order valence-corrected chi connectivity index (χ4v) is 3.79. The van der Waals surface area contributed by atoms with Crippen LogP contribution in [-0.4, -0.2) is 24.1 Å². The van der Waals surface area contributed by atoms with Crippen LogP contribution >= 0.6 is 23.2 Å². The Hall–Kier alpha value is -2.01. The van der Waals surface area contributed by atoms with Crippen LogP contribution in [0.15, 0.2) is 42.5 Å². The molecule has 2 atom stereocenters. The first-order valence-electron chi connectivity index (χ1n) is 7.97. The zero-order valence-corrected chi connectivity index (χ0v) is 15.0. The maximum Gasteiger partial charge on any atom is 0.323 e. The first kappa shape index (κ1) is 16.5. The highest BCUT2D eigenvalue weighted by molar-refractivity contribution is 6.42. The maximum absolute atomic E-state index is 12.2. The van der Waals surface area contributed by atoms with Gasteiger partial charge in [-0.05, 0) is 29.3 Å². The lowest BCUT2D eigenvalue weighted by Gasteiger charge is -2.30. The summed E-state index contributed by atoms with van der Waals surface area (Å²) in [6.07, 6.45) is 0.573. The van der Waals surface area contributed by atoms with Gasteiger partial charge in [-0.1, -0.05) is 47.5 Å². The van der Waals surface area contributed by atoms with Crippen LogP contribution in [0.25, 0.3) is 10.9 Å². The van der Waals surface area contributed by atoms with Crippen molar-refractivity contribution >= 4 is 40.1 Å². The number of rotatable bonds is 2. The number of hydrogen-bond donors (Lipinski definition) is 2. The Kier molecular flexibility index (Phi) is 4.20. The molecule has 0 spiro atoms. The Balaban J connectivity index is 1.88. The molecule has 4 rings (SSSR count). The van der Waals surface area contributed by atoms with Gasteiger partial charge >= 0.3 is 5.97 Å². The molecule has 3 aromatic rings. The summed E-state index contributed by atoms with van der Waals surface area (Å²) < 4.78 is 4.96. The van der Waals surface area contributed by atoms with E-state index in [1.165, 1.54) is 7.11 Å². The van der Waals surface area contributed by atoms with Gasteiger partial charge in [0.25, 0.3) is 0 Å². The zero-order valence-electron chi connectivity index (χ0n) is 13.5. The van der Waals surface area contributed by atoms with Gasteiger partial charge in [-0.3, -0.25) is 10.1 Å². The molecule has 25 heavy (non-hydrogen) atoms. The van der Waals surface area contributed by atoms with E-state index in [1.807, 2.05) is 30.3 Å². The number of methoxy groups -OCH3 is 1. The highest BCUT2D eigenvalue weighted by atomic mass is 35.5. The number of halogens is 2. The van der Waals surface area contributed by atoms with Crippen molar-refractivity contribution in [2.24, 2.45) is 0 Å². The van der Waals surface area contributed by atoms with Crippen molar-refractivity contribution in [3.05, 3.63) is 69.3 Å². The number of para-hydroxylation sites is 1. The van der Waals surface area contributed by atoms with Gasteiger partial charge in [-0.15, -0.1) is 0 Å². The fourth-order valence-electron chi connectivity index (χ4n) is 3.48. The fraction of sp³-hybridized carbons (Fsp3) is 0.211. The summed E-state index contributed by atoms with van der Waals surface area (Å²) in [7, 11) is 1.41. The lowest BCUT2D eigenvalue weighted by atomic mass is 9.90. The maximum atomic E-state index is 12.2. The number of nitrogens with one attached hydrogen (secondary N) is 2. The van der Waals surface area contributed by atoms with Gasteiger partial charge < -0.3 is 9.72 Å². The number of hydrogen-bond acceptors (Lipinski definition) is 3. The van der Waals surface area contributed by atoms with Crippen LogP contribution in [0.3, 0.4) is 0 Å². The minimum atomic E-state index is -0.420. The molecule has 0 saturated carbocycles. The molecule has 0 amide bonds. The number of carbonyl (C=O) groups excluding carboxylic acids is 1. The number of ether oxygens (including phenoxy) is 1. The third kappa shape index (κ3) is 2.80. The summed E-state index contributed by atoms with van der Waals surface area (Å²) in [5, 5.41) is 5.49. The van der Waals surface area contributed by atoms with Crippen LogP contribution in [0.1, 0.15) is 22.9 Å². The van der Waals surface area contributed by atoms with E-state index in [9.17, 15) is 4.79 Å². The molecule has 0 bridgehead atoms. The second-order valence-electron chi connectivity index (χ2n) is 6.12. The Labute approximate surface area is 155 Å². The van der Waals surface area contributed by atoms with Gasteiger partial charge in [-0.25, -0.2) is 0 Å². The van der Waals surface area contributed by atoms with Crippen LogP contribution in [0.2, 0.25) is 10.0 Å². The van der Waals surface area contributed by atoms with Crippen LogP contribution in [-0.2, 0) is 16.0 Å². The van der Waals surface area contributed by atoms with Gasteiger partial charge in [0.1, 0.15) is 6.04 Å². The van der Waals surface area contributed by atoms with Crippen molar-refractivity contribution in [1.29, 1.82) is 0 Å². The largest absolute Gasteiger partial charge is 0.468 e. The van der Waals surface area contributed by atoms with E-state index in [4.69, 9.17) is 27.9 Å². The third-order valence-corrected chi connectivity index (χ3v) is 5.41. The van der Waals surface area contributed by atoms with E-state index >= 15 is 0 Å². The first-order chi connectivity index (χ1) is 12.1. The SMILES string of the molecule is COC(=O)[C@@H]1Cc2c([nH]c3ccccc23)[C@@H](c2ccc(Cl)c(Cl)c2)N1. The molecule has 1 aliphatic rings. The highest BCUT2D eigenvalue weighted by Gasteiger charge is 2.34. The summed E-state index contributed by atoms with van der Waals surface area (Å²) in [6.45, 7) is 0. The molecule has 0 radical (unpaired) electrons. The minimum Gasteiger partial charge on any atom is -0.468 e. The summed E-state index contributed by atoms with van der Waals surface area (Å²) >= 11 is 12.3. The van der Waals surface area contributed by atoms with E-state index in [0.29, 0.717) is 16.5 Å². The molecular formula is C19H16Cl2N2O2. The number of esters is 1. The Morgan fingerprint density at radius 1 is 1.16 bits per heavy atom. The molecule has 2 aromatic carbocycles. The van der Waals surface area contributed by atoms with Crippen molar-refractivity contribution in [3.8, 4) is 0 Å². The third-order valence-electron chi connectivity index (χ3n) is 4.67. The van der Waals surface area contributed by atoms with Crippen LogP contribution in [0, 0.1) is 0 Å². The first-order valence-corrected chi connectivity index (χ1v) is 8.72. The molecule has 0 aliphatic carbocycles. The van der Waals surface area contributed by atoms with Crippen LogP contribution in [0.5, 0.6) is 0 Å². The summed E-state index contributed by atoms with van der Waals surface area (Å²) in [5.41, 5.74) is 4.15. The molecule has 0 fully saturated rings. The summed E-state index contributed by atoms with van der Waals surface area (Å²) in [4.78, 5) is 15.7.